The summed E-state index contributed by atoms with van der Waals surface area (Å²) in [6.07, 6.45) is 4.73. The van der Waals surface area contributed by atoms with Crippen molar-refractivity contribution in [1.29, 1.82) is 0 Å². The van der Waals surface area contributed by atoms with Gasteiger partial charge in [-0.2, -0.15) is 0 Å². The summed E-state index contributed by atoms with van der Waals surface area (Å²) >= 11 is 0. The maximum atomic E-state index is 13.1. The summed E-state index contributed by atoms with van der Waals surface area (Å²) in [6, 6.07) is 15.1. The van der Waals surface area contributed by atoms with Crippen molar-refractivity contribution in [1.82, 2.24) is 19.9 Å². The van der Waals surface area contributed by atoms with Gasteiger partial charge in [-0.25, -0.2) is 14.8 Å². The molecule has 4 aromatic rings. The van der Waals surface area contributed by atoms with Gasteiger partial charge < -0.3 is 14.5 Å². The SMILES string of the molecule is CCn1c(CCCCNC(=O)OCc2ccccc2)nc2ccc(-c3cnco3)cc2c1=O. The fourth-order valence-electron chi connectivity index (χ4n) is 3.67. The van der Waals surface area contributed by atoms with Crippen LogP contribution in [0, 0.1) is 0 Å². The summed E-state index contributed by atoms with van der Waals surface area (Å²) in [6.45, 7) is 3.21. The highest BCUT2D eigenvalue weighted by atomic mass is 16.5. The van der Waals surface area contributed by atoms with E-state index in [1.807, 2.05) is 49.4 Å². The average Bonchev–Trinajstić information content (AvgIpc) is 3.38. The summed E-state index contributed by atoms with van der Waals surface area (Å²) < 4.78 is 12.3. The zero-order valence-electron chi connectivity index (χ0n) is 18.5. The van der Waals surface area contributed by atoms with Gasteiger partial charge in [0.2, 0.25) is 0 Å². The number of nitrogens with zero attached hydrogens (tertiary/aromatic N) is 3. The summed E-state index contributed by atoms with van der Waals surface area (Å²) in [5.41, 5.74) is 2.33. The number of carbonyl (C=O) groups is 1. The van der Waals surface area contributed by atoms with E-state index in [-0.39, 0.29) is 12.2 Å². The molecule has 0 fully saturated rings. The molecule has 8 nitrogen and oxygen atoms in total. The van der Waals surface area contributed by atoms with E-state index >= 15 is 0 Å². The van der Waals surface area contributed by atoms with Gasteiger partial charge in [-0.3, -0.25) is 9.36 Å². The highest BCUT2D eigenvalue weighted by Gasteiger charge is 2.12. The van der Waals surface area contributed by atoms with Crippen LogP contribution < -0.4 is 10.9 Å². The molecule has 0 spiro atoms. The van der Waals surface area contributed by atoms with Gasteiger partial charge in [-0.15, -0.1) is 0 Å². The molecule has 0 aliphatic rings. The number of carbonyl (C=O) groups excluding carboxylic acids is 1. The predicted molar refractivity (Wildman–Crippen MR) is 125 cm³/mol. The summed E-state index contributed by atoms with van der Waals surface area (Å²) in [5.74, 6) is 1.35. The van der Waals surface area contributed by atoms with Gasteiger partial charge in [0.25, 0.3) is 5.56 Å². The van der Waals surface area contributed by atoms with Crippen LogP contribution in [0.15, 0.2) is 70.3 Å². The number of hydrogen-bond donors (Lipinski definition) is 1. The van der Waals surface area contributed by atoms with E-state index in [0.717, 1.165) is 29.8 Å². The Hall–Kier alpha value is -3.94. The number of alkyl carbamates (subject to hydrolysis) is 1. The van der Waals surface area contributed by atoms with Crippen LogP contribution in [0.2, 0.25) is 0 Å². The van der Waals surface area contributed by atoms with E-state index in [9.17, 15) is 9.59 Å². The van der Waals surface area contributed by atoms with Gasteiger partial charge >= 0.3 is 6.09 Å². The van der Waals surface area contributed by atoms with E-state index in [1.165, 1.54) is 6.39 Å². The lowest BCUT2D eigenvalue weighted by atomic mass is 10.1. The zero-order chi connectivity index (χ0) is 23.0. The van der Waals surface area contributed by atoms with Crippen molar-refractivity contribution in [2.75, 3.05) is 6.54 Å². The predicted octanol–water partition coefficient (Wildman–Crippen LogP) is 4.32. The fourth-order valence-corrected chi connectivity index (χ4v) is 3.67. The van der Waals surface area contributed by atoms with Crippen LogP contribution >= 0.6 is 0 Å². The molecule has 0 aliphatic heterocycles. The van der Waals surface area contributed by atoms with Crippen LogP contribution in [0.5, 0.6) is 0 Å². The molecule has 2 heterocycles. The number of aryl methyl sites for hydroxylation is 1. The first-order valence-corrected chi connectivity index (χ1v) is 11.0. The molecule has 33 heavy (non-hydrogen) atoms. The van der Waals surface area contributed by atoms with Crippen LogP contribution in [-0.2, 0) is 24.3 Å². The van der Waals surface area contributed by atoms with Crippen LogP contribution in [-0.4, -0.2) is 27.2 Å². The minimum absolute atomic E-state index is 0.0681. The fraction of sp³-hybridized carbons (Fsp3) is 0.280. The minimum atomic E-state index is -0.435. The Kier molecular flexibility index (Phi) is 7.14. The van der Waals surface area contributed by atoms with Gasteiger partial charge in [-0.05, 0) is 43.5 Å². The third-order valence-electron chi connectivity index (χ3n) is 5.38. The minimum Gasteiger partial charge on any atom is -0.445 e. The quantitative estimate of drug-likeness (QED) is 0.385. The number of fused-ring (bicyclic) bond motifs is 1. The first-order chi connectivity index (χ1) is 16.2. The second kappa shape index (κ2) is 10.6. The van der Waals surface area contributed by atoms with Crippen LogP contribution in [0.1, 0.15) is 31.2 Å². The Morgan fingerprint density at radius 3 is 2.76 bits per heavy atom. The highest BCUT2D eigenvalue weighted by molar-refractivity contribution is 5.82. The largest absolute Gasteiger partial charge is 0.445 e. The van der Waals surface area contributed by atoms with E-state index in [0.29, 0.717) is 36.2 Å². The summed E-state index contributed by atoms with van der Waals surface area (Å²) in [5, 5.41) is 3.32. The molecule has 0 aliphatic carbocycles. The molecule has 8 heteroatoms. The monoisotopic (exact) mass is 446 g/mol. The van der Waals surface area contributed by atoms with Crippen LogP contribution in [0.4, 0.5) is 4.79 Å². The Morgan fingerprint density at radius 2 is 2.00 bits per heavy atom. The molecule has 0 unspecified atom stereocenters. The van der Waals surface area contributed by atoms with Crippen molar-refractivity contribution < 1.29 is 13.9 Å². The molecule has 1 N–H and O–H groups in total. The molecule has 0 saturated heterocycles. The van der Waals surface area contributed by atoms with Crippen molar-refractivity contribution in [3.8, 4) is 11.3 Å². The Bertz CT molecular complexity index is 1270. The van der Waals surface area contributed by atoms with Crippen molar-refractivity contribution in [2.45, 2.75) is 39.3 Å². The van der Waals surface area contributed by atoms with Gasteiger partial charge in [0.1, 0.15) is 12.4 Å². The number of ether oxygens (including phenoxy) is 1. The average molecular weight is 447 g/mol. The maximum Gasteiger partial charge on any atom is 0.407 e. The van der Waals surface area contributed by atoms with Gasteiger partial charge in [-0.1, -0.05) is 30.3 Å². The number of amides is 1. The molecule has 0 atom stereocenters. The Balaban J connectivity index is 1.33. The highest BCUT2D eigenvalue weighted by Crippen LogP contribution is 2.22. The number of rotatable bonds is 9. The van der Waals surface area contributed by atoms with E-state index in [2.05, 4.69) is 10.3 Å². The molecule has 0 saturated carbocycles. The van der Waals surface area contributed by atoms with Gasteiger partial charge in [0.15, 0.2) is 12.2 Å². The molecular weight excluding hydrogens is 420 g/mol. The lowest BCUT2D eigenvalue weighted by Crippen LogP contribution is -2.26. The second-order valence-electron chi connectivity index (χ2n) is 7.62. The number of nitrogens with one attached hydrogen (secondary N) is 1. The van der Waals surface area contributed by atoms with Gasteiger partial charge in [0.05, 0.1) is 17.1 Å². The van der Waals surface area contributed by atoms with E-state index in [1.54, 1.807) is 16.8 Å². The third-order valence-corrected chi connectivity index (χ3v) is 5.38. The summed E-state index contributed by atoms with van der Waals surface area (Å²) in [7, 11) is 0. The van der Waals surface area contributed by atoms with Crippen molar-refractivity contribution in [2.24, 2.45) is 0 Å². The first kappa shape index (κ1) is 22.3. The lowest BCUT2D eigenvalue weighted by molar-refractivity contribution is 0.139. The van der Waals surface area contributed by atoms with Crippen molar-refractivity contribution in [3.63, 3.8) is 0 Å². The molecule has 2 aromatic carbocycles. The Labute approximate surface area is 191 Å². The molecule has 4 rings (SSSR count). The Morgan fingerprint density at radius 1 is 1.15 bits per heavy atom. The molecule has 1 amide bonds. The van der Waals surface area contributed by atoms with Crippen LogP contribution in [0.3, 0.4) is 0 Å². The molecule has 170 valence electrons. The summed E-state index contributed by atoms with van der Waals surface area (Å²) in [4.78, 5) is 33.6. The van der Waals surface area contributed by atoms with Crippen LogP contribution in [0.25, 0.3) is 22.2 Å². The normalized spacial score (nSPS) is 10.9. The third kappa shape index (κ3) is 5.46. The molecule has 0 bridgehead atoms. The maximum absolute atomic E-state index is 13.1. The topological polar surface area (TPSA) is 99.2 Å². The number of hydrogen-bond acceptors (Lipinski definition) is 6. The van der Waals surface area contributed by atoms with E-state index in [4.69, 9.17) is 14.1 Å². The number of benzene rings is 2. The molecular formula is C25H26N4O4. The zero-order valence-corrected chi connectivity index (χ0v) is 18.5. The smallest absolute Gasteiger partial charge is 0.407 e. The van der Waals surface area contributed by atoms with E-state index < -0.39 is 6.09 Å². The second-order valence-corrected chi connectivity index (χ2v) is 7.62. The number of aromatic nitrogens is 3. The molecule has 0 radical (unpaired) electrons. The first-order valence-electron chi connectivity index (χ1n) is 11.0. The molecule has 2 aromatic heterocycles. The lowest BCUT2D eigenvalue weighted by Gasteiger charge is -2.12. The number of oxazole rings is 1. The number of unbranched alkanes of at least 4 members (excludes halogenated alkanes) is 1. The van der Waals surface area contributed by atoms with Gasteiger partial charge in [0, 0.05) is 25.1 Å². The van der Waals surface area contributed by atoms with Crippen molar-refractivity contribution in [3.05, 3.63) is 82.9 Å². The standard InChI is InChI=1S/C25H26N4O4/c1-2-29-23(10-6-7-13-27-25(31)32-16-18-8-4-3-5-9-18)28-21-12-11-19(14-20(21)24(29)30)22-15-26-17-33-22/h3-5,8-9,11-12,14-15,17H,2,6-7,10,13,16H2,1H3,(H,27,31). The van der Waals surface area contributed by atoms with Crippen molar-refractivity contribution >= 4 is 17.0 Å².